The molecule has 14 heteroatoms. The number of nitrogens with zero attached hydrogens (tertiary/aromatic N) is 2. The first kappa shape index (κ1) is 28.2. The standard InChI is InChI=1S/C24H19ClF7N3O2S/c1-11-6-18(38-20(11)21(36)34-14-4-2-12(10-33)3-5-14)17-9-22(37-35-17,24(30,31)32)15-7-13(23(27,28)29)8-16(25)19(15)26/h6-8,12,14H,2-5,9H2,1H3,(H,34,36)/t12?,14?,22-/m1/s1. The fourth-order valence-electron chi connectivity index (χ4n) is 4.53. The molecule has 1 aliphatic carbocycles. The Labute approximate surface area is 221 Å². The van der Waals surface area contributed by atoms with Gasteiger partial charge in [0.15, 0.2) is 0 Å². The number of alkyl halides is 6. The molecule has 0 bridgehead atoms. The molecule has 2 heterocycles. The van der Waals surface area contributed by atoms with Crippen molar-refractivity contribution in [2.24, 2.45) is 11.1 Å². The van der Waals surface area contributed by atoms with Gasteiger partial charge < -0.3 is 10.2 Å². The number of oxime groups is 1. The lowest BCUT2D eigenvalue weighted by atomic mass is 9.86. The smallest absolute Gasteiger partial charge is 0.374 e. The lowest BCUT2D eigenvalue weighted by Gasteiger charge is -2.30. The van der Waals surface area contributed by atoms with E-state index in [9.17, 15) is 35.5 Å². The monoisotopic (exact) mass is 581 g/mol. The Morgan fingerprint density at radius 3 is 2.42 bits per heavy atom. The van der Waals surface area contributed by atoms with Gasteiger partial charge >= 0.3 is 12.4 Å². The molecule has 1 amide bonds. The van der Waals surface area contributed by atoms with Crippen LogP contribution in [0.1, 0.15) is 63.3 Å². The van der Waals surface area contributed by atoms with Crippen molar-refractivity contribution in [1.29, 1.82) is 5.26 Å². The summed E-state index contributed by atoms with van der Waals surface area (Å²) in [6.45, 7) is 1.57. The van der Waals surface area contributed by atoms with Crippen LogP contribution < -0.4 is 5.32 Å². The molecule has 1 N–H and O–H groups in total. The van der Waals surface area contributed by atoms with Crippen molar-refractivity contribution in [2.75, 3.05) is 0 Å². The molecule has 38 heavy (non-hydrogen) atoms. The van der Waals surface area contributed by atoms with Crippen LogP contribution in [0, 0.1) is 30.0 Å². The molecule has 1 aromatic heterocycles. The fraction of sp³-hybridized carbons (Fsp3) is 0.458. The first-order valence-corrected chi connectivity index (χ1v) is 12.6. The van der Waals surface area contributed by atoms with Crippen LogP contribution in [-0.4, -0.2) is 23.8 Å². The van der Waals surface area contributed by atoms with Gasteiger partial charge in [-0.15, -0.1) is 11.3 Å². The molecule has 5 nitrogen and oxygen atoms in total. The van der Waals surface area contributed by atoms with E-state index in [2.05, 4.69) is 16.5 Å². The number of carbonyl (C=O) groups is 1. The molecule has 1 aliphatic heterocycles. The number of benzene rings is 1. The van der Waals surface area contributed by atoms with Gasteiger partial charge in [-0.05, 0) is 56.4 Å². The molecule has 0 spiro atoms. The van der Waals surface area contributed by atoms with Crippen LogP contribution in [0.4, 0.5) is 30.7 Å². The highest BCUT2D eigenvalue weighted by Gasteiger charge is 2.64. The van der Waals surface area contributed by atoms with Gasteiger partial charge in [-0.25, -0.2) is 4.39 Å². The Hall–Kier alpha value is -2.85. The van der Waals surface area contributed by atoms with Gasteiger partial charge in [-0.2, -0.15) is 31.6 Å². The first-order valence-electron chi connectivity index (χ1n) is 11.4. The van der Waals surface area contributed by atoms with Crippen molar-refractivity contribution >= 4 is 34.6 Å². The van der Waals surface area contributed by atoms with Crippen molar-refractivity contribution in [1.82, 2.24) is 5.32 Å². The van der Waals surface area contributed by atoms with Crippen LogP contribution in [0.25, 0.3) is 0 Å². The van der Waals surface area contributed by atoms with Gasteiger partial charge in [0, 0.05) is 17.5 Å². The lowest BCUT2D eigenvalue weighted by Crippen LogP contribution is -2.43. The Morgan fingerprint density at radius 1 is 1.18 bits per heavy atom. The number of nitrogens with one attached hydrogen (secondary N) is 1. The van der Waals surface area contributed by atoms with E-state index < -0.39 is 52.2 Å². The van der Waals surface area contributed by atoms with Crippen molar-refractivity contribution < 1.29 is 40.4 Å². The largest absolute Gasteiger partial charge is 0.435 e. The lowest BCUT2D eigenvalue weighted by molar-refractivity contribution is -0.276. The Kier molecular flexibility index (Phi) is 7.44. The van der Waals surface area contributed by atoms with Gasteiger partial charge in [-0.1, -0.05) is 16.8 Å². The number of aryl methyl sites for hydroxylation is 1. The van der Waals surface area contributed by atoms with E-state index in [1.807, 2.05) is 0 Å². The molecule has 0 radical (unpaired) electrons. The minimum absolute atomic E-state index is 0.0206. The van der Waals surface area contributed by atoms with E-state index in [0.717, 1.165) is 11.3 Å². The van der Waals surface area contributed by atoms with Crippen molar-refractivity contribution in [2.45, 2.75) is 63.0 Å². The van der Waals surface area contributed by atoms with Gasteiger partial charge in [0.05, 0.1) is 32.8 Å². The zero-order valence-electron chi connectivity index (χ0n) is 19.6. The second kappa shape index (κ2) is 10.0. The van der Waals surface area contributed by atoms with Crippen LogP contribution >= 0.6 is 22.9 Å². The summed E-state index contributed by atoms with van der Waals surface area (Å²) in [6, 6.07) is 3.67. The van der Waals surface area contributed by atoms with Gasteiger partial charge in [0.25, 0.3) is 11.5 Å². The topological polar surface area (TPSA) is 74.5 Å². The number of hydrogen-bond donors (Lipinski definition) is 1. The summed E-state index contributed by atoms with van der Waals surface area (Å²) in [5.41, 5.74) is -6.44. The molecule has 1 fully saturated rings. The predicted molar refractivity (Wildman–Crippen MR) is 124 cm³/mol. The molecule has 1 atom stereocenters. The van der Waals surface area contributed by atoms with E-state index in [4.69, 9.17) is 21.7 Å². The third kappa shape index (κ3) is 5.20. The average Bonchev–Trinajstić information content (AvgIpc) is 3.45. The summed E-state index contributed by atoms with van der Waals surface area (Å²) in [4.78, 5) is 17.9. The molecular formula is C24H19ClF7N3O2S. The normalized spacial score (nSPS) is 23.9. The maximum atomic E-state index is 14.8. The number of thiophene rings is 1. The minimum atomic E-state index is -5.37. The van der Waals surface area contributed by atoms with E-state index in [0.29, 0.717) is 31.2 Å². The number of nitriles is 1. The summed E-state index contributed by atoms with van der Waals surface area (Å²) in [7, 11) is 0. The SMILES string of the molecule is Cc1cc(C2=NO[C@](c3cc(C(F)(F)F)cc(Cl)c3F)(C(F)(F)F)C2)sc1C(=O)NC1CCC(C#N)CC1. The molecule has 204 valence electrons. The number of hydrogen-bond acceptors (Lipinski definition) is 5. The second-order valence-corrected chi connectivity index (χ2v) is 10.7. The van der Waals surface area contributed by atoms with E-state index in [-0.39, 0.29) is 39.6 Å². The van der Waals surface area contributed by atoms with Gasteiger partial charge in [0.1, 0.15) is 11.5 Å². The highest BCUT2D eigenvalue weighted by Crippen LogP contribution is 2.51. The van der Waals surface area contributed by atoms with Crippen molar-refractivity contribution in [3.63, 3.8) is 0 Å². The zero-order chi connectivity index (χ0) is 28.0. The van der Waals surface area contributed by atoms with Crippen LogP contribution in [-0.2, 0) is 16.6 Å². The van der Waals surface area contributed by atoms with E-state index in [1.54, 1.807) is 6.92 Å². The predicted octanol–water partition coefficient (Wildman–Crippen LogP) is 7.26. The van der Waals surface area contributed by atoms with E-state index in [1.165, 1.54) is 6.07 Å². The zero-order valence-corrected chi connectivity index (χ0v) is 21.1. The number of carbonyl (C=O) groups excluding carboxylic acids is 1. The van der Waals surface area contributed by atoms with Crippen molar-refractivity contribution in [3.05, 3.63) is 55.5 Å². The molecule has 1 saturated carbocycles. The first-order chi connectivity index (χ1) is 17.7. The number of amides is 1. The quantitative estimate of drug-likeness (QED) is 0.386. The fourth-order valence-corrected chi connectivity index (χ4v) is 5.80. The van der Waals surface area contributed by atoms with Gasteiger partial charge in [-0.3, -0.25) is 4.79 Å². The van der Waals surface area contributed by atoms with Crippen molar-refractivity contribution in [3.8, 4) is 6.07 Å². The van der Waals surface area contributed by atoms with Gasteiger partial charge in [0.2, 0.25) is 0 Å². The van der Waals surface area contributed by atoms with Crippen LogP contribution in [0.2, 0.25) is 5.02 Å². The third-order valence-electron chi connectivity index (χ3n) is 6.63. The van der Waals surface area contributed by atoms with E-state index >= 15 is 0 Å². The molecule has 0 unspecified atom stereocenters. The Balaban J connectivity index is 1.61. The van der Waals surface area contributed by atoms with Crippen LogP contribution in [0.3, 0.4) is 0 Å². The Morgan fingerprint density at radius 2 is 1.84 bits per heavy atom. The summed E-state index contributed by atoms with van der Waals surface area (Å²) < 4.78 is 97.5. The van der Waals surface area contributed by atoms with Crippen LogP contribution in [0.15, 0.2) is 23.4 Å². The number of rotatable bonds is 4. The maximum Gasteiger partial charge on any atom is 0.435 e. The average molecular weight is 582 g/mol. The summed E-state index contributed by atoms with van der Waals surface area (Å²) >= 11 is 6.37. The highest BCUT2D eigenvalue weighted by atomic mass is 35.5. The van der Waals surface area contributed by atoms with Crippen LogP contribution in [0.5, 0.6) is 0 Å². The summed E-state index contributed by atoms with van der Waals surface area (Å²) in [5, 5.41) is 14.2. The summed E-state index contributed by atoms with van der Waals surface area (Å²) in [5.74, 6) is -2.22. The number of halogens is 8. The minimum Gasteiger partial charge on any atom is -0.374 e. The second-order valence-electron chi connectivity index (χ2n) is 9.22. The summed E-state index contributed by atoms with van der Waals surface area (Å²) in [6.07, 6.45) is -9.10. The molecule has 1 aromatic carbocycles. The molecule has 2 aliphatic rings. The highest BCUT2D eigenvalue weighted by molar-refractivity contribution is 7.16. The molecule has 4 rings (SSSR count). The molecule has 2 aromatic rings. The Bertz CT molecular complexity index is 1320. The molecule has 0 saturated heterocycles. The third-order valence-corrected chi connectivity index (χ3v) is 8.19. The molecular weight excluding hydrogens is 563 g/mol. The maximum absolute atomic E-state index is 14.8.